The quantitative estimate of drug-likeness (QED) is 0.0581. The van der Waals surface area contributed by atoms with Gasteiger partial charge in [-0.3, -0.25) is 10.1 Å². The molecular weight excluding hydrogens is 524 g/mol. The van der Waals surface area contributed by atoms with Crippen LogP contribution in [0, 0.1) is 26.9 Å². The molecule has 42 heavy (non-hydrogen) atoms. The van der Waals surface area contributed by atoms with Crippen molar-refractivity contribution in [3.05, 3.63) is 33.9 Å². The largest absolute Gasteiger partial charge is 0.492 e. The number of hydrogen-bond acceptors (Lipinski definition) is 5. The lowest BCUT2D eigenvalue weighted by atomic mass is 9.71. The fourth-order valence-electron chi connectivity index (χ4n) is 6.05. The molecule has 0 bridgehead atoms. The molecule has 240 valence electrons. The lowest BCUT2D eigenvalue weighted by molar-refractivity contribution is -0.385. The molecule has 0 fully saturated rings. The lowest BCUT2D eigenvalue weighted by Crippen LogP contribution is -2.24. The summed E-state index contributed by atoms with van der Waals surface area (Å²) in [7, 11) is 0. The van der Waals surface area contributed by atoms with Gasteiger partial charge < -0.3 is 9.47 Å². The maximum atomic E-state index is 11.1. The van der Waals surface area contributed by atoms with E-state index in [1.807, 2.05) is 6.07 Å². The summed E-state index contributed by atoms with van der Waals surface area (Å²) in [5.74, 6) is 0.281. The first-order valence-electron chi connectivity index (χ1n) is 17.2. The summed E-state index contributed by atoms with van der Waals surface area (Å²) in [5, 5.41) is 20.4. The first-order chi connectivity index (χ1) is 20.2. The Balaban J connectivity index is 2.19. The Labute approximate surface area is 258 Å². The summed E-state index contributed by atoms with van der Waals surface area (Å²) < 4.78 is 11.9. The van der Waals surface area contributed by atoms with E-state index in [2.05, 4.69) is 34.6 Å². The van der Waals surface area contributed by atoms with Gasteiger partial charge >= 0.3 is 0 Å². The average Bonchev–Trinajstić information content (AvgIpc) is 2.98. The molecule has 1 rings (SSSR count). The van der Waals surface area contributed by atoms with Gasteiger partial charge in [-0.25, -0.2) is 0 Å². The standard InChI is InChI=1S/C36H62N2O4/c1-6-9-25-36(26-10-7-2,27-11-8-3)28-18-15-13-12-14-17-24-35(4,5)42-30-20-16-19-29-41-34-23-21-22-33(38(39)40)32(34)31-37/h21-23H,6-20,24-30H2,1-5H3. The monoisotopic (exact) mass is 586 g/mol. The van der Waals surface area contributed by atoms with E-state index in [0.29, 0.717) is 12.0 Å². The van der Waals surface area contributed by atoms with Gasteiger partial charge in [0.1, 0.15) is 11.8 Å². The molecule has 0 N–H and O–H groups in total. The minimum atomic E-state index is -0.548. The molecule has 0 saturated heterocycles. The van der Waals surface area contributed by atoms with Gasteiger partial charge in [0.15, 0.2) is 5.56 Å². The first-order valence-corrected chi connectivity index (χ1v) is 17.2. The van der Waals surface area contributed by atoms with Crippen LogP contribution in [0.5, 0.6) is 5.75 Å². The van der Waals surface area contributed by atoms with Crippen molar-refractivity contribution >= 4 is 5.69 Å². The van der Waals surface area contributed by atoms with Crippen LogP contribution in [-0.4, -0.2) is 23.7 Å². The van der Waals surface area contributed by atoms with Gasteiger partial charge in [-0.15, -0.1) is 0 Å². The molecule has 0 aliphatic carbocycles. The van der Waals surface area contributed by atoms with Crippen molar-refractivity contribution < 1.29 is 14.4 Å². The third kappa shape index (κ3) is 15.9. The minimum Gasteiger partial charge on any atom is -0.492 e. The lowest BCUT2D eigenvalue weighted by Gasteiger charge is -2.35. The van der Waals surface area contributed by atoms with Crippen LogP contribution >= 0.6 is 0 Å². The Morgan fingerprint density at radius 3 is 1.79 bits per heavy atom. The molecule has 0 unspecified atom stereocenters. The van der Waals surface area contributed by atoms with E-state index in [-0.39, 0.29) is 22.6 Å². The molecule has 1 aromatic carbocycles. The molecule has 1 aromatic rings. The molecule has 0 radical (unpaired) electrons. The molecule has 0 aliphatic rings. The number of rotatable bonds is 27. The zero-order chi connectivity index (χ0) is 31.1. The van der Waals surface area contributed by atoms with E-state index < -0.39 is 4.92 Å². The molecule has 6 heteroatoms. The summed E-state index contributed by atoms with van der Waals surface area (Å²) in [4.78, 5) is 10.5. The van der Waals surface area contributed by atoms with Crippen molar-refractivity contribution in [2.75, 3.05) is 13.2 Å². The highest BCUT2D eigenvalue weighted by Crippen LogP contribution is 2.41. The highest BCUT2D eigenvalue weighted by atomic mass is 16.6. The molecule has 0 saturated carbocycles. The van der Waals surface area contributed by atoms with Crippen LogP contribution in [0.1, 0.15) is 169 Å². The highest BCUT2D eigenvalue weighted by molar-refractivity contribution is 5.56. The SMILES string of the molecule is CCCCC(CCCC)(CCCC)CCCCCCCCC(C)(C)OCCCCCOc1cccc([N+](=O)[O-])c1C#N. The summed E-state index contributed by atoms with van der Waals surface area (Å²) in [6.07, 6.45) is 25.7. The van der Waals surface area contributed by atoms with Gasteiger partial charge in [0.2, 0.25) is 0 Å². The molecular formula is C36H62N2O4. The van der Waals surface area contributed by atoms with Crippen LogP contribution in [0.2, 0.25) is 0 Å². The van der Waals surface area contributed by atoms with Crippen LogP contribution in [-0.2, 0) is 4.74 Å². The maximum absolute atomic E-state index is 11.1. The van der Waals surface area contributed by atoms with Crippen molar-refractivity contribution in [2.24, 2.45) is 5.41 Å². The van der Waals surface area contributed by atoms with Crippen molar-refractivity contribution in [1.29, 1.82) is 5.26 Å². The van der Waals surface area contributed by atoms with Crippen molar-refractivity contribution in [2.45, 2.75) is 169 Å². The maximum Gasteiger partial charge on any atom is 0.290 e. The fourth-order valence-corrected chi connectivity index (χ4v) is 6.05. The summed E-state index contributed by atoms with van der Waals surface area (Å²) >= 11 is 0. The Morgan fingerprint density at radius 1 is 0.738 bits per heavy atom. The molecule has 0 heterocycles. The Bertz CT molecular complexity index is 871. The topological polar surface area (TPSA) is 85.4 Å². The second kappa shape index (κ2) is 22.4. The van der Waals surface area contributed by atoms with Gasteiger partial charge in [-0.1, -0.05) is 104 Å². The smallest absolute Gasteiger partial charge is 0.290 e. The number of ether oxygens (including phenoxy) is 2. The first kappa shape index (κ1) is 37.9. The highest BCUT2D eigenvalue weighted by Gasteiger charge is 2.27. The second-order valence-electron chi connectivity index (χ2n) is 13.0. The zero-order valence-electron chi connectivity index (χ0n) is 27.8. The van der Waals surface area contributed by atoms with Crippen LogP contribution in [0.25, 0.3) is 0 Å². The minimum absolute atomic E-state index is 0.0122. The Kier molecular flexibility index (Phi) is 20.2. The van der Waals surface area contributed by atoms with E-state index in [9.17, 15) is 15.4 Å². The molecule has 6 nitrogen and oxygen atoms in total. The average molecular weight is 587 g/mol. The van der Waals surface area contributed by atoms with E-state index >= 15 is 0 Å². The van der Waals surface area contributed by atoms with Crippen LogP contribution in [0.3, 0.4) is 0 Å². The number of unbranched alkanes of at least 4 members (excludes halogenated alkanes) is 10. The van der Waals surface area contributed by atoms with E-state index in [1.54, 1.807) is 12.1 Å². The molecule has 0 aliphatic heterocycles. The van der Waals surface area contributed by atoms with Crippen LogP contribution in [0.15, 0.2) is 18.2 Å². The number of hydrogen-bond donors (Lipinski definition) is 0. The van der Waals surface area contributed by atoms with E-state index in [4.69, 9.17) is 9.47 Å². The van der Waals surface area contributed by atoms with Gasteiger partial charge in [0.25, 0.3) is 5.69 Å². The normalized spacial score (nSPS) is 11.9. The predicted molar refractivity (Wildman–Crippen MR) is 175 cm³/mol. The van der Waals surface area contributed by atoms with Crippen LogP contribution in [0.4, 0.5) is 5.69 Å². The summed E-state index contributed by atoms with van der Waals surface area (Å²) in [6, 6.07) is 6.38. The number of nitro groups is 1. The summed E-state index contributed by atoms with van der Waals surface area (Å²) in [6.45, 7) is 12.6. The number of nitrogens with zero attached hydrogens (tertiary/aromatic N) is 2. The second-order valence-corrected chi connectivity index (χ2v) is 13.0. The fraction of sp³-hybridized carbons (Fsp3) is 0.806. The molecule has 0 atom stereocenters. The number of benzene rings is 1. The van der Waals surface area contributed by atoms with Gasteiger partial charge in [0.05, 0.1) is 17.1 Å². The van der Waals surface area contributed by atoms with Crippen molar-refractivity contribution in [1.82, 2.24) is 0 Å². The van der Waals surface area contributed by atoms with Crippen LogP contribution < -0.4 is 4.74 Å². The van der Waals surface area contributed by atoms with Crippen molar-refractivity contribution in [3.8, 4) is 11.8 Å². The summed E-state index contributed by atoms with van der Waals surface area (Å²) in [5.41, 5.74) is 0.290. The molecule has 0 spiro atoms. The Morgan fingerprint density at radius 2 is 1.24 bits per heavy atom. The zero-order valence-corrected chi connectivity index (χ0v) is 27.8. The number of nitriles is 1. The molecule has 0 aromatic heterocycles. The Hall–Kier alpha value is -2.13. The van der Waals surface area contributed by atoms with Gasteiger partial charge in [-0.05, 0) is 76.7 Å². The van der Waals surface area contributed by atoms with Gasteiger partial charge in [-0.2, -0.15) is 5.26 Å². The number of nitro benzene ring substituents is 1. The van der Waals surface area contributed by atoms with E-state index in [0.717, 1.165) is 32.3 Å². The molecule has 0 amide bonds. The van der Waals surface area contributed by atoms with Crippen molar-refractivity contribution in [3.63, 3.8) is 0 Å². The third-order valence-electron chi connectivity index (χ3n) is 8.77. The van der Waals surface area contributed by atoms with Gasteiger partial charge in [0, 0.05) is 12.7 Å². The van der Waals surface area contributed by atoms with E-state index in [1.165, 1.54) is 109 Å². The predicted octanol–water partition coefficient (Wildman–Crippen LogP) is 11.5. The third-order valence-corrected chi connectivity index (χ3v) is 8.77.